The van der Waals surface area contributed by atoms with E-state index in [2.05, 4.69) is 17.3 Å². The molecule has 1 N–H and O–H groups in total. The molecular weight excluding hydrogens is 192 g/mol. The smallest absolute Gasteiger partial charge is 0.249 e. The molecule has 1 aliphatic heterocycles. The van der Waals surface area contributed by atoms with Gasteiger partial charge in [-0.05, 0) is 46.8 Å². The van der Waals surface area contributed by atoms with Crippen molar-refractivity contribution in [3.05, 3.63) is 0 Å². The van der Waals surface area contributed by atoms with Gasteiger partial charge in [0.05, 0.1) is 0 Å². The van der Waals surface area contributed by atoms with E-state index in [0.29, 0.717) is 12.6 Å². The van der Waals surface area contributed by atoms with E-state index in [-0.39, 0.29) is 12.0 Å². The van der Waals surface area contributed by atoms with Crippen LogP contribution in [0.5, 0.6) is 0 Å². The lowest BCUT2D eigenvalue weighted by Crippen LogP contribution is -2.46. The molecule has 0 aromatic carbocycles. The van der Waals surface area contributed by atoms with Crippen molar-refractivity contribution >= 4 is 5.91 Å². The summed E-state index contributed by atoms with van der Waals surface area (Å²) in [4.78, 5) is 13.9. The first kappa shape index (κ1) is 12.5. The number of likely N-dealkylation sites (tertiary alicyclic amines) is 1. The predicted octanol–water partition coefficient (Wildman–Crippen LogP) is 0.622. The van der Waals surface area contributed by atoms with Crippen LogP contribution in [0.15, 0.2) is 0 Å². The summed E-state index contributed by atoms with van der Waals surface area (Å²) in [7, 11) is 2.11. The van der Waals surface area contributed by atoms with Gasteiger partial charge in [-0.2, -0.15) is 0 Å². The Kier molecular flexibility index (Phi) is 5.05. The van der Waals surface area contributed by atoms with Crippen molar-refractivity contribution in [1.29, 1.82) is 0 Å². The molecule has 0 spiro atoms. The normalized spacial score (nSPS) is 21.3. The van der Waals surface area contributed by atoms with Gasteiger partial charge in [0.15, 0.2) is 0 Å². The zero-order chi connectivity index (χ0) is 11.3. The summed E-state index contributed by atoms with van der Waals surface area (Å²) >= 11 is 0. The van der Waals surface area contributed by atoms with Gasteiger partial charge in [0.25, 0.3) is 0 Å². The van der Waals surface area contributed by atoms with Crippen LogP contribution in [-0.2, 0) is 9.53 Å². The molecular formula is C11H22N2O2. The minimum absolute atomic E-state index is 0.0198. The number of hydrogen-bond acceptors (Lipinski definition) is 3. The Morgan fingerprint density at radius 3 is 2.67 bits per heavy atom. The predicted molar refractivity (Wildman–Crippen MR) is 59.7 cm³/mol. The van der Waals surface area contributed by atoms with Crippen molar-refractivity contribution in [2.24, 2.45) is 0 Å². The van der Waals surface area contributed by atoms with Crippen molar-refractivity contribution in [2.45, 2.75) is 38.8 Å². The van der Waals surface area contributed by atoms with Crippen molar-refractivity contribution < 1.29 is 9.53 Å². The molecule has 0 aromatic heterocycles. The summed E-state index contributed by atoms with van der Waals surface area (Å²) in [5, 5.41) is 3.03. The Hall–Kier alpha value is -0.610. The first-order valence-electron chi connectivity index (χ1n) is 5.74. The minimum atomic E-state index is -0.324. The Balaban J connectivity index is 2.25. The molecule has 4 nitrogen and oxygen atoms in total. The van der Waals surface area contributed by atoms with E-state index in [4.69, 9.17) is 4.74 Å². The second kappa shape index (κ2) is 6.08. The fraction of sp³-hybridized carbons (Fsp3) is 0.909. The van der Waals surface area contributed by atoms with E-state index < -0.39 is 0 Å². The summed E-state index contributed by atoms with van der Waals surface area (Å²) in [6, 6.07) is 0.330. The van der Waals surface area contributed by atoms with Gasteiger partial charge in [0, 0.05) is 12.6 Å². The zero-order valence-electron chi connectivity index (χ0n) is 9.95. The van der Waals surface area contributed by atoms with E-state index in [0.717, 1.165) is 25.9 Å². The molecule has 88 valence electrons. The number of amides is 1. The second-order valence-electron chi connectivity index (χ2n) is 4.18. The van der Waals surface area contributed by atoms with Crippen LogP contribution in [0.3, 0.4) is 0 Å². The molecule has 0 bridgehead atoms. The van der Waals surface area contributed by atoms with E-state index in [1.54, 1.807) is 6.92 Å². The van der Waals surface area contributed by atoms with Crippen LogP contribution in [0.2, 0.25) is 0 Å². The van der Waals surface area contributed by atoms with E-state index in [1.807, 2.05) is 6.92 Å². The van der Waals surface area contributed by atoms with Crippen LogP contribution in [0.4, 0.5) is 0 Å². The molecule has 4 heteroatoms. The Bertz CT molecular complexity index is 201. The van der Waals surface area contributed by atoms with Gasteiger partial charge in [0.2, 0.25) is 5.91 Å². The Labute approximate surface area is 92.0 Å². The van der Waals surface area contributed by atoms with Crippen LogP contribution in [0.25, 0.3) is 0 Å². The quantitative estimate of drug-likeness (QED) is 0.746. The maximum atomic E-state index is 11.6. The lowest BCUT2D eigenvalue weighted by Gasteiger charge is -2.30. The first-order chi connectivity index (χ1) is 7.13. The van der Waals surface area contributed by atoms with Gasteiger partial charge < -0.3 is 15.0 Å². The number of piperidine rings is 1. The largest absolute Gasteiger partial charge is 0.369 e. The highest BCUT2D eigenvalue weighted by Gasteiger charge is 2.21. The van der Waals surface area contributed by atoms with Crippen LogP contribution in [0.1, 0.15) is 26.7 Å². The van der Waals surface area contributed by atoms with Gasteiger partial charge in [-0.25, -0.2) is 0 Å². The highest BCUT2D eigenvalue weighted by Crippen LogP contribution is 2.08. The third kappa shape index (κ3) is 4.18. The van der Waals surface area contributed by atoms with E-state index in [1.165, 1.54) is 0 Å². The number of nitrogens with one attached hydrogen (secondary N) is 1. The van der Waals surface area contributed by atoms with Gasteiger partial charge in [-0.1, -0.05) is 0 Å². The molecule has 1 fully saturated rings. The second-order valence-corrected chi connectivity index (χ2v) is 4.18. The number of carbonyl (C=O) groups is 1. The third-order valence-electron chi connectivity index (χ3n) is 2.85. The van der Waals surface area contributed by atoms with E-state index >= 15 is 0 Å². The average molecular weight is 214 g/mol. The molecule has 1 aliphatic rings. The average Bonchev–Trinajstić information content (AvgIpc) is 2.22. The monoisotopic (exact) mass is 214 g/mol. The Morgan fingerprint density at radius 1 is 1.53 bits per heavy atom. The molecule has 0 radical (unpaired) electrons. The van der Waals surface area contributed by atoms with Gasteiger partial charge in [0.1, 0.15) is 6.10 Å². The maximum absolute atomic E-state index is 11.6. The van der Waals surface area contributed by atoms with Gasteiger partial charge in [-0.15, -0.1) is 0 Å². The molecule has 0 aliphatic carbocycles. The third-order valence-corrected chi connectivity index (χ3v) is 2.85. The lowest BCUT2D eigenvalue weighted by atomic mass is 10.1. The zero-order valence-corrected chi connectivity index (χ0v) is 9.95. The standard InChI is InChI=1S/C11H22N2O2/c1-4-15-9(2)11(14)12-10-5-7-13(3)8-6-10/h9-10H,4-8H2,1-3H3,(H,12,14)/t9-/m0/s1. The lowest BCUT2D eigenvalue weighted by molar-refractivity contribution is -0.132. The molecule has 1 amide bonds. The number of rotatable bonds is 4. The van der Waals surface area contributed by atoms with Crippen LogP contribution in [0, 0.1) is 0 Å². The highest BCUT2D eigenvalue weighted by molar-refractivity contribution is 5.80. The summed E-state index contributed by atoms with van der Waals surface area (Å²) in [5.74, 6) is 0.0198. The molecule has 1 atom stereocenters. The molecule has 0 saturated carbocycles. The van der Waals surface area contributed by atoms with Crippen LogP contribution < -0.4 is 5.32 Å². The van der Waals surface area contributed by atoms with E-state index in [9.17, 15) is 4.79 Å². The van der Waals surface area contributed by atoms with Crippen molar-refractivity contribution in [1.82, 2.24) is 10.2 Å². The summed E-state index contributed by atoms with van der Waals surface area (Å²) in [6.45, 7) is 6.41. The molecule has 15 heavy (non-hydrogen) atoms. The highest BCUT2D eigenvalue weighted by atomic mass is 16.5. The summed E-state index contributed by atoms with van der Waals surface area (Å²) in [6.07, 6.45) is 1.76. The first-order valence-corrected chi connectivity index (χ1v) is 5.74. The number of carbonyl (C=O) groups excluding carboxylic acids is 1. The fourth-order valence-corrected chi connectivity index (χ4v) is 1.80. The molecule has 0 unspecified atom stereocenters. The molecule has 1 heterocycles. The number of nitrogens with zero attached hydrogens (tertiary/aromatic N) is 1. The summed E-state index contributed by atoms with van der Waals surface area (Å²) in [5.41, 5.74) is 0. The van der Waals surface area contributed by atoms with Crippen LogP contribution >= 0.6 is 0 Å². The topological polar surface area (TPSA) is 41.6 Å². The number of ether oxygens (including phenoxy) is 1. The van der Waals surface area contributed by atoms with Gasteiger partial charge >= 0.3 is 0 Å². The number of hydrogen-bond donors (Lipinski definition) is 1. The Morgan fingerprint density at radius 2 is 2.13 bits per heavy atom. The van der Waals surface area contributed by atoms with Crippen molar-refractivity contribution in [2.75, 3.05) is 26.7 Å². The van der Waals surface area contributed by atoms with Gasteiger partial charge in [-0.3, -0.25) is 4.79 Å². The molecule has 1 rings (SSSR count). The fourth-order valence-electron chi connectivity index (χ4n) is 1.80. The van der Waals surface area contributed by atoms with Crippen molar-refractivity contribution in [3.63, 3.8) is 0 Å². The van der Waals surface area contributed by atoms with Crippen LogP contribution in [-0.4, -0.2) is 49.7 Å². The maximum Gasteiger partial charge on any atom is 0.249 e. The molecule has 1 saturated heterocycles. The molecule has 0 aromatic rings. The van der Waals surface area contributed by atoms with Crippen molar-refractivity contribution in [3.8, 4) is 0 Å². The minimum Gasteiger partial charge on any atom is -0.369 e. The summed E-state index contributed by atoms with van der Waals surface area (Å²) < 4.78 is 5.24. The SMILES string of the molecule is CCO[C@@H](C)C(=O)NC1CCN(C)CC1.